The summed E-state index contributed by atoms with van der Waals surface area (Å²) in [6.07, 6.45) is 0. The zero-order valence-electron chi connectivity index (χ0n) is 37.0. The summed E-state index contributed by atoms with van der Waals surface area (Å²) in [5.74, 6) is 1.79. The van der Waals surface area contributed by atoms with Crippen LogP contribution < -0.4 is 0 Å². The van der Waals surface area contributed by atoms with E-state index in [0.29, 0.717) is 17.5 Å². The Morgan fingerprint density at radius 1 is 0.333 bits per heavy atom. The first-order chi connectivity index (χ1) is 34.2. The van der Waals surface area contributed by atoms with Crippen molar-refractivity contribution in [1.29, 1.82) is 0 Å². The van der Waals surface area contributed by atoms with Gasteiger partial charge in [-0.15, -0.1) is 11.3 Å². The Balaban J connectivity index is 0.883. The van der Waals surface area contributed by atoms with Gasteiger partial charge in [0.05, 0.1) is 11.0 Å². The highest BCUT2D eigenvalue weighted by Crippen LogP contribution is 2.43. The van der Waals surface area contributed by atoms with Crippen molar-refractivity contribution in [3.05, 3.63) is 231 Å². The summed E-state index contributed by atoms with van der Waals surface area (Å²) < 4.78 is 11.4. The second kappa shape index (κ2) is 15.8. The lowest BCUT2D eigenvalue weighted by Gasteiger charge is -2.14. The molecule has 0 bridgehead atoms. The fraction of sp³-hybridized carbons (Fsp3) is 0. The van der Waals surface area contributed by atoms with Crippen LogP contribution in [-0.2, 0) is 0 Å². The molecule has 4 heterocycles. The number of aromatic nitrogens is 4. The zero-order valence-corrected chi connectivity index (χ0v) is 37.9. The van der Waals surface area contributed by atoms with Crippen molar-refractivity contribution in [3.8, 4) is 73.2 Å². The second-order valence-electron chi connectivity index (χ2n) is 17.5. The maximum absolute atomic E-state index is 6.29. The smallest absolute Gasteiger partial charge is 0.164 e. The van der Waals surface area contributed by atoms with Crippen LogP contribution in [0, 0.1) is 0 Å². The van der Waals surface area contributed by atoms with Crippen molar-refractivity contribution in [1.82, 2.24) is 19.5 Å². The van der Waals surface area contributed by atoms with E-state index in [-0.39, 0.29) is 0 Å². The molecule has 0 aliphatic heterocycles. The summed E-state index contributed by atoms with van der Waals surface area (Å²) in [5.41, 5.74) is 14.7. The molecule has 14 rings (SSSR count). The number of rotatable bonds is 7. The highest BCUT2D eigenvalue weighted by atomic mass is 32.1. The molecule has 0 amide bonds. The first-order valence-electron chi connectivity index (χ1n) is 23.2. The van der Waals surface area contributed by atoms with E-state index in [1.54, 1.807) is 0 Å². The van der Waals surface area contributed by atoms with Crippen LogP contribution >= 0.6 is 11.3 Å². The molecule has 0 fully saturated rings. The van der Waals surface area contributed by atoms with Crippen LogP contribution in [0.1, 0.15) is 0 Å². The predicted molar refractivity (Wildman–Crippen MR) is 287 cm³/mol. The molecular weight excluding hydrogens is 861 g/mol. The molecule has 5 nitrogen and oxygen atoms in total. The third kappa shape index (κ3) is 6.56. The summed E-state index contributed by atoms with van der Waals surface area (Å²) in [6, 6.07) is 81.8. The van der Waals surface area contributed by atoms with E-state index in [9.17, 15) is 0 Å². The van der Waals surface area contributed by atoms with Crippen LogP contribution in [0.5, 0.6) is 0 Å². The first-order valence-corrected chi connectivity index (χ1v) is 24.0. The maximum Gasteiger partial charge on any atom is 0.164 e. The van der Waals surface area contributed by atoms with Crippen LogP contribution in [-0.4, -0.2) is 19.5 Å². The van der Waals surface area contributed by atoms with Crippen molar-refractivity contribution >= 4 is 75.3 Å². The molecule has 322 valence electrons. The highest BCUT2D eigenvalue weighted by molar-refractivity contribution is 7.26. The normalized spacial score (nSPS) is 11.8. The Bertz CT molecular complexity index is 4330. The molecule has 0 N–H and O–H groups in total. The van der Waals surface area contributed by atoms with E-state index in [0.717, 1.165) is 61.0 Å². The quantitative estimate of drug-likeness (QED) is 0.160. The summed E-state index contributed by atoms with van der Waals surface area (Å²) in [7, 11) is 0. The van der Waals surface area contributed by atoms with Gasteiger partial charge in [-0.1, -0.05) is 176 Å². The van der Waals surface area contributed by atoms with Crippen molar-refractivity contribution in [3.63, 3.8) is 0 Å². The summed E-state index contributed by atoms with van der Waals surface area (Å²) in [4.78, 5) is 15.3. The maximum atomic E-state index is 6.29. The summed E-state index contributed by atoms with van der Waals surface area (Å²) in [6.45, 7) is 0. The molecule has 0 spiro atoms. The lowest BCUT2D eigenvalue weighted by Crippen LogP contribution is -2.00. The monoisotopic (exact) mass is 898 g/mol. The summed E-state index contributed by atoms with van der Waals surface area (Å²) in [5, 5.41) is 7.19. The average Bonchev–Trinajstić information content (AvgIpc) is 4.11. The molecule has 0 radical (unpaired) electrons. The van der Waals surface area contributed by atoms with E-state index in [1.807, 2.05) is 65.9 Å². The molecule has 0 saturated heterocycles. The predicted octanol–water partition coefficient (Wildman–Crippen LogP) is 17.2. The molecule has 10 aromatic carbocycles. The topological polar surface area (TPSA) is 56.7 Å². The van der Waals surface area contributed by atoms with Gasteiger partial charge in [0.2, 0.25) is 0 Å². The molecule has 0 atom stereocenters. The molecule has 4 aromatic heterocycles. The minimum absolute atomic E-state index is 0.582. The zero-order chi connectivity index (χ0) is 45.4. The molecule has 69 heavy (non-hydrogen) atoms. The van der Waals surface area contributed by atoms with Gasteiger partial charge in [0.15, 0.2) is 17.5 Å². The van der Waals surface area contributed by atoms with E-state index in [1.165, 1.54) is 58.7 Å². The van der Waals surface area contributed by atoms with Crippen LogP contribution in [0.15, 0.2) is 235 Å². The molecule has 0 saturated carbocycles. The second-order valence-corrected chi connectivity index (χ2v) is 18.6. The van der Waals surface area contributed by atoms with Gasteiger partial charge in [0.1, 0.15) is 11.2 Å². The molecule has 0 unspecified atom stereocenters. The SMILES string of the molecule is c1ccc(-c2nc(-c3cccc(-c4cccc(-n5c6ccccc6c6cccc(-c7cccc(-c8cccc9c8sc8ccccc89)c7)c65)c4)c3)nc(-c3ccc4c(c3)oc3ccccc34)n2)cc1. The number of hydrogen-bond donors (Lipinski definition) is 0. The third-order valence-corrected chi connectivity index (χ3v) is 14.7. The molecule has 0 aliphatic carbocycles. The number of hydrogen-bond acceptors (Lipinski definition) is 5. The average molecular weight is 899 g/mol. The Kier molecular flexibility index (Phi) is 9.00. The van der Waals surface area contributed by atoms with Crippen LogP contribution in [0.4, 0.5) is 0 Å². The Morgan fingerprint density at radius 3 is 1.72 bits per heavy atom. The van der Waals surface area contributed by atoms with E-state index < -0.39 is 0 Å². The number of fused-ring (bicyclic) bond motifs is 9. The van der Waals surface area contributed by atoms with Crippen molar-refractivity contribution < 1.29 is 4.42 Å². The molecular formula is C63H38N4OS. The molecule has 14 aromatic rings. The number of benzene rings is 10. The number of thiophene rings is 1. The number of nitrogens with zero attached hydrogens (tertiary/aromatic N) is 4. The molecule has 0 aliphatic rings. The number of furan rings is 1. The van der Waals surface area contributed by atoms with Crippen molar-refractivity contribution in [2.75, 3.05) is 0 Å². The Hall–Kier alpha value is -8.97. The van der Waals surface area contributed by atoms with Gasteiger partial charge in [-0.3, -0.25) is 0 Å². The first kappa shape index (κ1) is 39.2. The Morgan fingerprint density at radius 2 is 0.884 bits per heavy atom. The minimum Gasteiger partial charge on any atom is -0.456 e. The van der Waals surface area contributed by atoms with Gasteiger partial charge in [0.25, 0.3) is 0 Å². The van der Waals surface area contributed by atoms with E-state index in [2.05, 4.69) is 180 Å². The fourth-order valence-corrected chi connectivity index (χ4v) is 11.5. The highest BCUT2D eigenvalue weighted by Gasteiger charge is 2.20. The van der Waals surface area contributed by atoms with Gasteiger partial charge in [-0.05, 0) is 82.4 Å². The third-order valence-electron chi connectivity index (χ3n) is 13.4. The molecule has 6 heteroatoms. The fourth-order valence-electron chi connectivity index (χ4n) is 10.2. The Labute approximate surface area is 400 Å². The van der Waals surface area contributed by atoms with Gasteiger partial charge in [-0.2, -0.15) is 0 Å². The summed E-state index contributed by atoms with van der Waals surface area (Å²) >= 11 is 1.87. The van der Waals surface area contributed by atoms with Crippen LogP contribution in [0.2, 0.25) is 0 Å². The van der Waals surface area contributed by atoms with E-state index >= 15 is 0 Å². The van der Waals surface area contributed by atoms with Crippen molar-refractivity contribution in [2.45, 2.75) is 0 Å². The minimum atomic E-state index is 0.582. The van der Waals surface area contributed by atoms with Gasteiger partial charge >= 0.3 is 0 Å². The van der Waals surface area contributed by atoms with Crippen LogP contribution in [0.3, 0.4) is 0 Å². The van der Waals surface area contributed by atoms with Gasteiger partial charge in [-0.25, -0.2) is 15.0 Å². The number of para-hydroxylation sites is 3. The van der Waals surface area contributed by atoms with Gasteiger partial charge < -0.3 is 8.98 Å². The largest absolute Gasteiger partial charge is 0.456 e. The van der Waals surface area contributed by atoms with E-state index in [4.69, 9.17) is 19.4 Å². The standard InChI is InChI=1S/C63H38N4OS/c1-2-15-39(16-3-1)61-64-62(66-63(65-61)45-33-34-51-50-24-5-8-31-56(50)68-57(51)38-45)44-21-10-17-40(35-44)41-18-12-22-46(37-41)67-55-30-7-4-23-49(55)53-28-13-26-47(59(53)67)42-19-11-20-43(36-42)48-27-14-29-54-52-25-6-9-32-58(52)69-60(48)54/h1-38H. The lowest BCUT2D eigenvalue weighted by molar-refractivity contribution is 0.669. The lowest BCUT2D eigenvalue weighted by atomic mass is 9.96. The van der Waals surface area contributed by atoms with Crippen molar-refractivity contribution in [2.24, 2.45) is 0 Å². The van der Waals surface area contributed by atoms with Crippen LogP contribution in [0.25, 0.3) is 137 Å². The van der Waals surface area contributed by atoms with Gasteiger partial charge in [0, 0.05) is 69.7 Å².